The predicted octanol–water partition coefficient (Wildman–Crippen LogP) is 6.08. The molecule has 0 N–H and O–H groups in total. The van der Waals surface area contributed by atoms with E-state index in [1.165, 1.54) is 22.3 Å². The topological polar surface area (TPSA) is 9.23 Å². The average molecular weight is 468 g/mol. The molecule has 3 heteroatoms. The van der Waals surface area contributed by atoms with Crippen LogP contribution in [0.3, 0.4) is 0 Å². The minimum atomic E-state index is -1.64. The molecule has 0 bridgehead atoms. The Morgan fingerprint density at radius 3 is 1.36 bits per heavy atom. The molecule has 0 aromatic heterocycles. The van der Waals surface area contributed by atoms with E-state index in [0.717, 1.165) is 3.63 Å². The molecule has 0 unspecified atom stereocenters. The molecule has 1 radical (unpaired) electrons. The molecule has 25 heavy (non-hydrogen) atoms. The molecule has 0 atom stereocenters. The second-order valence-corrected chi connectivity index (χ2v) is 16.8. The number of hydrogen-bond donors (Lipinski definition) is 0. The Morgan fingerprint density at radius 1 is 0.760 bits per heavy atom. The summed E-state index contributed by atoms with van der Waals surface area (Å²) in [7, 11) is -1.64. The molecular formula is C22H38OSbSi. The maximum absolute atomic E-state index is 6.50. The Hall–Kier alpha value is 0.0851. The molecule has 0 aliphatic rings. The van der Waals surface area contributed by atoms with Crippen molar-refractivity contribution >= 4 is 34.5 Å². The van der Waals surface area contributed by atoms with Gasteiger partial charge >= 0.3 is 172 Å². The van der Waals surface area contributed by atoms with E-state index in [-0.39, 0.29) is 16.2 Å². The van der Waals surface area contributed by atoms with Crippen molar-refractivity contribution in [1.29, 1.82) is 0 Å². The number of benzene rings is 1. The monoisotopic (exact) mass is 467 g/mol. The molecule has 1 rings (SSSR count). The summed E-state index contributed by atoms with van der Waals surface area (Å²) in [6.45, 7) is 27.6. The number of rotatable bonds is 3. The van der Waals surface area contributed by atoms with Crippen molar-refractivity contribution in [2.75, 3.05) is 0 Å². The molecule has 1 aromatic carbocycles. The summed E-state index contributed by atoms with van der Waals surface area (Å²) in [5.74, 6) is 0. The zero-order chi connectivity index (χ0) is 20.0. The van der Waals surface area contributed by atoms with Crippen LogP contribution in [0.1, 0.15) is 84.6 Å². The van der Waals surface area contributed by atoms with Gasteiger partial charge < -0.3 is 0 Å². The zero-order valence-electron chi connectivity index (χ0n) is 18.5. The van der Waals surface area contributed by atoms with Crippen molar-refractivity contribution in [2.45, 2.75) is 98.2 Å². The van der Waals surface area contributed by atoms with Gasteiger partial charge in [-0.25, -0.2) is 0 Å². The van der Waals surface area contributed by atoms with Gasteiger partial charge in [-0.05, 0) is 0 Å². The first-order valence-electron chi connectivity index (χ1n) is 9.29. The van der Waals surface area contributed by atoms with E-state index >= 15 is 0 Å². The molecule has 0 aliphatic heterocycles. The van der Waals surface area contributed by atoms with E-state index in [4.69, 9.17) is 4.43 Å². The van der Waals surface area contributed by atoms with E-state index in [9.17, 15) is 0 Å². The first-order chi connectivity index (χ1) is 10.8. The maximum atomic E-state index is 6.50. The molecular weight excluding hydrogens is 430 g/mol. The summed E-state index contributed by atoms with van der Waals surface area (Å²) in [6.07, 6.45) is 0. The third-order valence-corrected chi connectivity index (χ3v) is 6.46. The van der Waals surface area contributed by atoms with Gasteiger partial charge in [-0.15, -0.1) is 0 Å². The Labute approximate surface area is 171 Å². The van der Waals surface area contributed by atoms with Gasteiger partial charge in [0.1, 0.15) is 0 Å². The minimum absolute atomic E-state index is 0.0781. The molecule has 0 spiro atoms. The molecule has 0 aliphatic carbocycles. The van der Waals surface area contributed by atoms with Crippen molar-refractivity contribution < 1.29 is 4.43 Å². The van der Waals surface area contributed by atoms with Crippen molar-refractivity contribution in [3.8, 4) is 0 Å². The molecule has 1 nitrogen and oxygen atoms in total. The third kappa shape index (κ3) is 6.33. The second-order valence-electron chi connectivity index (χ2n) is 11.2. The summed E-state index contributed by atoms with van der Waals surface area (Å²) < 4.78 is 7.64. The predicted molar refractivity (Wildman–Crippen MR) is 117 cm³/mol. The SMILES string of the molecule is CC(C)(C)c1cc(C(C)(C)C)c([C](=[Sb])O[Si](C)(C)C)c(C(C)(C)C)c1. The Kier molecular flexibility index (Phi) is 6.70. The van der Waals surface area contributed by atoms with Crippen LogP contribution >= 0.6 is 0 Å². The van der Waals surface area contributed by atoms with Crippen molar-refractivity contribution in [1.82, 2.24) is 0 Å². The van der Waals surface area contributed by atoms with Crippen molar-refractivity contribution in [3.05, 3.63) is 34.4 Å². The van der Waals surface area contributed by atoms with E-state index < -0.39 is 8.32 Å². The van der Waals surface area contributed by atoms with Crippen LogP contribution in [0, 0.1) is 0 Å². The van der Waals surface area contributed by atoms with Gasteiger partial charge in [-0.1, -0.05) is 0 Å². The van der Waals surface area contributed by atoms with Crippen LogP contribution in [0.5, 0.6) is 0 Å². The van der Waals surface area contributed by atoms with E-state index in [2.05, 4.69) is 94.1 Å². The first-order valence-corrected chi connectivity index (χ1v) is 14.0. The fourth-order valence-electron chi connectivity index (χ4n) is 2.83. The molecule has 1 aromatic rings. The average Bonchev–Trinajstić information content (AvgIpc) is 2.31. The molecule has 0 fully saturated rings. The van der Waals surface area contributed by atoms with Gasteiger partial charge in [0.15, 0.2) is 0 Å². The Bertz CT molecular complexity index is 612. The van der Waals surface area contributed by atoms with Crippen molar-refractivity contribution in [2.24, 2.45) is 0 Å². The molecule has 0 saturated carbocycles. The molecule has 141 valence electrons. The van der Waals surface area contributed by atoms with Crippen LogP contribution in [0.4, 0.5) is 0 Å². The van der Waals surface area contributed by atoms with Gasteiger partial charge in [0, 0.05) is 0 Å². The van der Waals surface area contributed by atoms with Crippen LogP contribution in [-0.2, 0) is 20.7 Å². The summed E-state index contributed by atoms with van der Waals surface area (Å²) in [4.78, 5) is 0. The molecule has 0 saturated heterocycles. The fourth-order valence-corrected chi connectivity index (χ4v) is 6.54. The number of hydrogen-bond acceptors (Lipinski definition) is 1. The molecule has 0 heterocycles. The normalized spacial score (nSPS) is 13.9. The van der Waals surface area contributed by atoms with Gasteiger partial charge in [-0.3, -0.25) is 0 Å². The third-order valence-electron chi connectivity index (χ3n) is 4.24. The van der Waals surface area contributed by atoms with E-state index in [1.54, 1.807) is 22.5 Å². The molecule has 0 amide bonds. The summed E-state index contributed by atoms with van der Waals surface area (Å²) in [6, 6.07) is 4.85. The summed E-state index contributed by atoms with van der Waals surface area (Å²) in [5, 5.41) is 0. The van der Waals surface area contributed by atoms with Crippen LogP contribution in [0.15, 0.2) is 12.1 Å². The fraction of sp³-hybridized carbons (Fsp3) is 0.682. The Balaban J connectivity index is 3.86. The van der Waals surface area contributed by atoms with Crippen molar-refractivity contribution in [3.63, 3.8) is 0 Å². The van der Waals surface area contributed by atoms with E-state index in [1.807, 2.05) is 0 Å². The summed E-state index contributed by atoms with van der Waals surface area (Å²) in [5.41, 5.74) is 5.89. The van der Waals surface area contributed by atoms with Gasteiger partial charge in [0.05, 0.1) is 0 Å². The Morgan fingerprint density at radius 2 is 1.12 bits per heavy atom. The first kappa shape index (κ1) is 23.1. The van der Waals surface area contributed by atoms with Crippen LogP contribution in [-0.4, -0.2) is 34.5 Å². The van der Waals surface area contributed by atoms with Crippen LogP contribution in [0.2, 0.25) is 19.6 Å². The quantitative estimate of drug-likeness (QED) is 0.489. The van der Waals surface area contributed by atoms with Crippen LogP contribution in [0.25, 0.3) is 0 Å². The zero-order valence-corrected chi connectivity index (χ0v) is 22.1. The van der Waals surface area contributed by atoms with Crippen LogP contribution < -0.4 is 0 Å². The van der Waals surface area contributed by atoms with E-state index in [0.29, 0.717) is 0 Å². The van der Waals surface area contributed by atoms with Gasteiger partial charge in [0.2, 0.25) is 0 Å². The standard InChI is InChI=1S/C22H38OSi.Sb/c1-20(2,3)16-13-18(21(4,5)6)17(15-23-24(10,11)12)19(14-16)22(7,8)9;/h13-14H,1-12H3;. The second kappa shape index (κ2) is 7.25. The summed E-state index contributed by atoms with van der Waals surface area (Å²) >= 11 is 1.72. The van der Waals surface area contributed by atoms with Gasteiger partial charge in [-0.2, -0.15) is 0 Å². The van der Waals surface area contributed by atoms with Gasteiger partial charge in [0.25, 0.3) is 0 Å².